The van der Waals surface area contributed by atoms with E-state index in [-0.39, 0.29) is 4.90 Å². The summed E-state index contributed by atoms with van der Waals surface area (Å²) in [5, 5.41) is 2.70. The summed E-state index contributed by atoms with van der Waals surface area (Å²) < 4.78 is 33.0. The molecule has 0 saturated heterocycles. The van der Waals surface area contributed by atoms with Crippen LogP contribution in [0.25, 0.3) is 0 Å². The van der Waals surface area contributed by atoms with Crippen LogP contribution < -0.4 is 14.8 Å². The molecule has 30 heavy (non-hydrogen) atoms. The first kappa shape index (κ1) is 21.5. The van der Waals surface area contributed by atoms with Crippen molar-refractivity contribution in [1.82, 2.24) is 4.72 Å². The Kier molecular flexibility index (Phi) is 6.87. The molecule has 0 unspecified atom stereocenters. The highest BCUT2D eigenvalue weighted by molar-refractivity contribution is 7.89. The van der Waals surface area contributed by atoms with Crippen molar-refractivity contribution in [1.29, 1.82) is 0 Å². The number of carbonyl (C=O) groups is 1. The highest BCUT2D eigenvalue weighted by Gasteiger charge is 2.22. The standard InChI is InChI=1S/C23H24N2O4S/c1-17-8-14-22(15-9-17)30(27,28)25-18(2)23(26)24-20-10-12-21(13-11-20)29-16-19-6-4-3-5-7-19/h3-15,18,25H,16H2,1-2H3,(H,24,26)/t18-/m1/s1. The molecule has 0 aliphatic carbocycles. The van der Waals surface area contributed by atoms with Crippen LogP contribution in [0.4, 0.5) is 5.69 Å². The van der Waals surface area contributed by atoms with Gasteiger partial charge in [-0.25, -0.2) is 8.42 Å². The van der Waals surface area contributed by atoms with E-state index in [0.29, 0.717) is 18.0 Å². The number of nitrogens with one attached hydrogen (secondary N) is 2. The SMILES string of the molecule is Cc1ccc(S(=O)(=O)N[C@H](C)C(=O)Nc2ccc(OCc3ccccc3)cc2)cc1. The molecule has 3 aromatic carbocycles. The predicted octanol–water partition coefficient (Wildman–Crippen LogP) is 3.88. The average Bonchev–Trinajstić information content (AvgIpc) is 2.74. The number of amides is 1. The molecule has 3 aromatic rings. The van der Waals surface area contributed by atoms with Crippen LogP contribution in [-0.4, -0.2) is 20.4 Å². The quantitative estimate of drug-likeness (QED) is 0.575. The number of ether oxygens (including phenoxy) is 1. The van der Waals surface area contributed by atoms with Crippen molar-refractivity contribution in [3.8, 4) is 5.75 Å². The maximum Gasteiger partial charge on any atom is 0.242 e. The van der Waals surface area contributed by atoms with Crippen molar-refractivity contribution >= 4 is 21.6 Å². The maximum absolute atomic E-state index is 12.4. The van der Waals surface area contributed by atoms with Gasteiger partial charge in [-0.05, 0) is 55.8 Å². The van der Waals surface area contributed by atoms with Crippen LogP contribution in [0.2, 0.25) is 0 Å². The molecule has 1 amide bonds. The largest absolute Gasteiger partial charge is 0.489 e. The summed E-state index contributed by atoms with van der Waals surface area (Å²) in [6.45, 7) is 3.82. The lowest BCUT2D eigenvalue weighted by Gasteiger charge is -2.15. The van der Waals surface area contributed by atoms with Crippen LogP contribution in [0.3, 0.4) is 0 Å². The molecule has 156 valence electrons. The summed E-state index contributed by atoms with van der Waals surface area (Å²) in [6.07, 6.45) is 0. The normalized spacial score (nSPS) is 12.2. The maximum atomic E-state index is 12.4. The van der Waals surface area contributed by atoms with Gasteiger partial charge in [-0.2, -0.15) is 4.72 Å². The van der Waals surface area contributed by atoms with Crippen LogP contribution in [0.1, 0.15) is 18.1 Å². The number of aryl methyl sites for hydroxylation is 1. The van der Waals surface area contributed by atoms with Gasteiger partial charge in [0.25, 0.3) is 0 Å². The highest BCUT2D eigenvalue weighted by Crippen LogP contribution is 2.18. The van der Waals surface area contributed by atoms with Crippen molar-refractivity contribution in [2.24, 2.45) is 0 Å². The van der Waals surface area contributed by atoms with E-state index in [9.17, 15) is 13.2 Å². The Morgan fingerprint density at radius 1 is 0.933 bits per heavy atom. The van der Waals surface area contributed by atoms with Crippen LogP contribution >= 0.6 is 0 Å². The van der Waals surface area contributed by atoms with Gasteiger partial charge in [-0.3, -0.25) is 4.79 Å². The van der Waals surface area contributed by atoms with Crippen molar-refractivity contribution < 1.29 is 17.9 Å². The third kappa shape index (κ3) is 5.92. The summed E-state index contributed by atoms with van der Waals surface area (Å²) in [5.41, 5.74) is 2.56. The van der Waals surface area contributed by atoms with E-state index >= 15 is 0 Å². The number of sulfonamides is 1. The minimum Gasteiger partial charge on any atom is -0.489 e. The smallest absolute Gasteiger partial charge is 0.242 e. The molecule has 1 atom stereocenters. The van der Waals surface area contributed by atoms with Gasteiger partial charge in [0.05, 0.1) is 10.9 Å². The molecule has 0 heterocycles. The zero-order valence-electron chi connectivity index (χ0n) is 16.8. The second-order valence-corrected chi connectivity index (χ2v) is 8.66. The summed E-state index contributed by atoms with van der Waals surface area (Å²) >= 11 is 0. The minimum absolute atomic E-state index is 0.118. The Morgan fingerprint density at radius 2 is 1.57 bits per heavy atom. The van der Waals surface area contributed by atoms with Crippen molar-refractivity contribution in [3.05, 3.63) is 90.0 Å². The number of anilines is 1. The molecule has 0 radical (unpaired) electrons. The fourth-order valence-electron chi connectivity index (χ4n) is 2.70. The fourth-order valence-corrected chi connectivity index (χ4v) is 3.90. The molecule has 0 aliphatic heterocycles. The van der Waals surface area contributed by atoms with E-state index in [1.165, 1.54) is 19.1 Å². The van der Waals surface area contributed by atoms with Gasteiger partial charge in [0.1, 0.15) is 12.4 Å². The first-order valence-electron chi connectivity index (χ1n) is 9.50. The number of hydrogen-bond acceptors (Lipinski definition) is 4. The van der Waals surface area contributed by atoms with Gasteiger partial charge in [-0.15, -0.1) is 0 Å². The van der Waals surface area contributed by atoms with Crippen molar-refractivity contribution in [3.63, 3.8) is 0 Å². The van der Waals surface area contributed by atoms with E-state index in [1.54, 1.807) is 36.4 Å². The third-order valence-corrected chi connectivity index (χ3v) is 5.98. The van der Waals surface area contributed by atoms with Gasteiger partial charge in [-0.1, -0.05) is 48.0 Å². The van der Waals surface area contributed by atoms with Crippen LogP contribution in [0, 0.1) is 6.92 Å². The van der Waals surface area contributed by atoms with E-state index < -0.39 is 22.0 Å². The average molecular weight is 425 g/mol. The number of carbonyl (C=O) groups excluding carboxylic acids is 1. The van der Waals surface area contributed by atoms with Crippen LogP contribution in [0.5, 0.6) is 5.75 Å². The number of benzene rings is 3. The molecule has 0 bridgehead atoms. The van der Waals surface area contributed by atoms with Gasteiger partial charge in [0, 0.05) is 5.69 Å². The fraction of sp³-hybridized carbons (Fsp3) is 0.174. The second kappa shape index (κ2) is 9.56. The Bertz CT molecular complexity index is 1080. The van der Waals surface area contributed by atoms with Crippen LogP contribution in [0.15, 0.2) is 83.8 Å². The van der Waals surface area contributed by atoms with E-state index in [1.807, 2.05) is 37.3 Å². The Labute approximate surface area is 177 Å². The Balaban J connectivity index is 1.55. The van der Waals surface area contributed by atoms with E-state index in [2.05, 4.69) is 10.0 Å². The molecule has 6 nitrogen and oxygen atoms in total. The van der Waals surface area contributed by atoms with Crippen molar-refractivity contribution in [2.75, 3.05) is 5.32 Å². The zero-order chi connectivity index (χ0) is 21.6. The monoisotopic (exact) mass is 424 g/mol. The third-order valence-electron chi connectivity index (χ3n) is 4.43. The number of hydrogen-bond donors (Lipinski definition) is 2. The molecule has 0 aliphatic rings. The van der Waals surface area contributed by atoms with E-state index in [4.69, 9.17) is 4.74 Å². The van der Waals surface area contributed by atoms with Gasteiger partial charge < -0.3 is 10.1 Å². The highest BCUT2D eigenvalue weighted by atomic mass is 32.2. The first-order chi connectivity index (χ1) is 14.3. The summed E-state index contributed by atoms with van der Waals surface area (Å²) in [5.74, 6) is 0.216. The molecule has 0 saturated carbocycles. The molecule has 0 spiro atoms. The molecular weight excluding hydrogens is 400 g/mol. The molecule has 0 aromatic heterocycles. The lowest BCUT2D eigenvalue weighted by molar-refractivity contribution is -0.117. The van der Waals surface area contributed by atoms with Gasteiger partial charge in [0.2, 0.25) is 15.9 Å². The lowest BCUT2D eigenvalue weighted by atomic mass is 10.2. The van der Waals surface area contributed by atoms with Crippen molar-refractivity contribution in [2.45, 2.75) is 31.4 Å². The topological polar surface area (TPSA) is 84.5 Å². The Morgan fingerprint density at radius 3 is 2.20 bits per heavy atom. The molecule has 0 fully saturated rings. The summed E-state index contributed by atoms with van der Waals surface area (Å²) in [6, 6.07) is 22.2. The molecular formula is C23H24N2O4S. The van der Waals surface area contributed by atoms with Crippen LogP contribution in [-0.2, 0) is 21.4 Å². The van der Waals surface area contributed by atoms with Gasteiger partial charge >= 0.3 is 0 Å². The summed E-state index contributed by atoms with van der Waals surface area (Å²) in [7, 11) is -3.78. The molecule has 7 heteroatoms. The Hall–Kier alpha value is -3.16. The molecule has 2 N–H and O–H groups in total. The van der Waals surface area contributed by atoms with Gasteiger partial charge in [0.15, 0.2) is 0 Å². The predicted molar refractivity (Wildman–Crippen MR) is 117 cm³/mol. The second-order valence-electron chi connectivity index (χ2n) is 6.94. The minimum atomic E-state index is -3.78. The zero-order valence-corrected chi connectivity index (χ0v) is 17.6. The lowest BCUT2D eigenvalue weighted by Crippen LogP contribution is -2.41. The van der Waals surface area contributed by atoms with E-state index in [0.717, 1.165) is 11.1 Å². The first-order valence-corrected chi connectivity index (χ1v) is 11.0. The number of rotatable bonds is 8. The molecule has 3 rings (SSSR count). The summed E-state index contributed by atoms with van der Waals surface area (Å²) in [4.78, 5) is 12.5.